The zero-order valence-electron chi connectivity index (χ0n) is 10.6. The van der Waals surface area contributed by atoms with Crippen LogP contribution in [0.5, 0.6) is 5.75 Å². The van der Waals surface area contributed by atoms with Crippen molar-refractivity contribution >= 4 is 5.69 Å². The SMILES string of the molecule is NCc1cc(F)cc(OCc2ccccc2[N+](=O)[O-])c1. The second-order valence-electron chi connectivity index (χ2n) is 4.17. The summed E-state index contributed by atoms with van der Waals surface area (Å²) >= 11 is 0. The van der Waals surface area contributed by atoms with Crippen molar-refractivity contribution in [2.45, 2.75) is 13.2 Å². The summed E-state index contributed by atoms with van der Waals surface area (Å²) in [5.74, 6) is -0.158. The van der Waals surface area contributed by atoms with E-state index < -0.39 is 10.7 Å². The number of nitro groups is 1. The van der Waals surface area contributed by atoms with Gasteiger partial charge in [0.05, 0.1) is 10.5 Å². The Kier molecular flexibility index (Phi) is 4.27. The summed E-state index contributed by atoms with van der Waals surface area (Å²) < 4.78 is 18.7. The Bertz CT molecular complexity index is 632. The third-order valence-electron chi connectivity index (χ3n) is 2.75. The first-order valence-electron chi connectivity index (χ1n) is 5.95. The summed E-state index contributed by atoms with van der Waals surface area (Å²) in [6.07, 6.45) is 0. The van der Waals surface area contributed by atoms with Gasteiger partial charge in [0.25, 0.3) is 5.69 Å². The van der Waals surface area contributed by atoms with Crippen LogP contribution in [-0.4, -0.2) is 4.92 Å². The number of nitrogens with zero attached hydrogens (tertiary/aromatic N) is 1. The van der Waals surface area contributed by atoms with E-state index in [1.54, 1.807) is 24.3 Å². The highest BCUT2D eigenvalue weighted by atomic mass is 19.1. The molecule has 0 bridgehead atoms. The number of hydrogen-bond acceptors (Lipinski definition) is 4. The Morgan fingerprint density at radius 2 is 2.00 bits per heavy atom. The molecule has 2 aromatic rings. The summed E-state index contributed by atoms with van der Waals surface area (Å²) in [4.78, 5) is 10.4. The van der Waals surface area contributed by atoms with E-state index in [-0.39, 0.29) is 18.8 Å². The van der Waals surface area contributed by atoms with Crippen LogP contribution in [-0.2, 0) is 13.2 Å². The molecule has 0 unspecified atom stereocenters. The third-order valence-corrected chi connectivity index (χ3v) is 2.75. The van der Waals surface area contributed by atoms with Gasteiger partial charge in [-0.2, -0.15) is 0 Å². The molecule has 0 fully saturated rings. The number of benzene rings is 2. The Morgan fingerprint density at radius 1 is 1.25 bits per heavy atom. The minimum Gasteiger partial charge on any atom is -0.489 e. The Morgan fingerprint density at radius 3 is 2.70 bits per heavy atom. The first kappa shape index (κ1) is 14.0. The first-order chi connectivity index (χ1) is 9.60. The fraction of sp³-hybridized carbons (Fsp3) is 0.143. The Hall–Kier alpha value is -2.47. The van der Waals surface area contributed by atoms with Crippen LogP contribution in [0, 0.1) is 15.9 Å². The lowest BCUT2D eigenvalue weighted by atomic mass is 10.2. The van der Waals surface area contributed by atoms with E-state index in [0.717, 1.165) is 0 Å². The van der Waals surface area contributed by atoms with Crippen LogP contribution in [0.15, 0.2) is 42.5 Å². The predicted molar refractivity (Wildman–Crippen MR) is 71.7 cm³/mol. The van der Waals surface area contributed by atoms with Crippen molar-refractivity contribution in [3.05, 3.63) is 69.5 Å². The Balaban J connectivity index is 2.17. The van der Waals surface area contributed by atoms with Gasteiger partial charge in [-0.05, 0) is 23.8 Å². The van der Waals surface area contributed by atoms with E-state index in [4.69, 9.17) is 10.5 Å². The van der Waals surface area contributed by atoms with Gasteiger partial charge in [-0.3, -0.25) is 10.1 Å². The topological polar surface area (TPSA) is 78.4 Å². The van der Waals surface area contributed by atoms with Crippen molar-refractivity contribution in [1.82, 2.24) is 0 Å². The van der Waals surface area contributed by atoms with Gasteiger partial charge >= 0.3 is 0 Å². The average Bonchev–Trinajstić information content (AvgIpc) is 2.44. The molecular weight excluding hydrogens is 263 g/mol. The molecule has 0 aliphatic heterocycles. The van der Waals surface area contributed by atoms with Crippen LogP contribution >= 0.6 is 0 Å². The van der Waals surface area contributed by atoms with Crippen molar-refractivity contribution in [1.29, 1.82) is 0 Å². The molecule has 0 spiro atoms. The number of nitrogens with two attached hydrogens (primary N) is 1. The standard InChI is InChI=1S/C14H13FN2O3/c15-12-5-10(8-16)6-13(7-12)20-9-11-3-1-2-4-14(11)17(18)19/h1-7H,8-9,16H2. The number of ether oxygens (including phenoxy) is 1. The van der Waals surface area contributed by atoms with Gasteiger partial charge in [0.2, 0.25) is 0 Å². The lowest BCUT2D eigenvalue weighted by Crippen LogP contribution is -2.02. The monoisotopic (exact) mass is 276 g/mol. The van der Waals surface area contributed by atoms with Crippen molar-refractivity contribution in [2.24, 2.45) is 5.73 Å². The van der Waals surface area contributed by atoms with Crippen LogP contribution in [0.1, 0.15) is 11.1 Å². The normalized spacial score (nSPS) is 10.3. The van der Waals surface area contributed by atoms with Crippen LogP contribution in [0.4, 0.5) is 10.1 Å². The second-order valence-corrected chi connectivity index (χ2v) is 4.17. The maximum Gasteiger partial charge on any atom is 0.276 e. The van der Waals surface area contributed by atoms with Crippen molar-refractivity contribution in [3.63, 3.8) is 0 Å². The number of nitro benzene ring substituents is 1. The molecule has 2 rings (SSSR count). The average molecular weight is 276 g/mol. The highest BCUT2D eigenvalue weighted by Crippen LogP contribution is 2.22. The molecule has 2 N–H and O–H groups in total. The van der Waals surface area contributed by atoms with Crippen LogP contribution < -0.4 is 10.5 Å². The second kappa shape index (κ2) is 6.12. The van der Waals surface area contributed by atoms with E-state index in [1.165, 1.54) is 18.2 Å². The molecule has 0 amide bonds. The van der Waals surface area contributed by atoms with E-state index in [0.29, 0.717) is 16.9 Å². The first-order valence-corrected chi connectivity index (χ1v) is 5.95. The smallest absolute Gasteiger partial charge is 0.276 e. The number of para-hydroxylation sites is 1. The van der Waals surface area contributed by atoms with Crippen molar-refractivity contribution in [2.75, 3.05) is 0 Å². The fourth-order valence-electron chi connectivity index (χ4n) is 1.79. The van der Waals surface area contributed by atoms with Gasteiger partial charge in [-0.15, -0.1) is 0 Å². The summed E-state index contributed by atoms with van der Waals surface area (Å²) in [5.41, 5.74) is 6.45. The summed E-state index contributed by atoms with van der Waals surface area (Å²) in [5, 5.41) is 10.9. The molecule has 0 aliphatic carbocycles. The maximum absolute atomic E-state index is 13.3. The molecule has 0 aromatic heterocycles. The molecule has 0 radical (unpaired) electrons. The van der Waals surface area contributed by atoms with Gasteiger partial charge in [-0.25, -0.2) is 4.39 Å². The fourth-order valence-corrected chi connectivity index (χ4v) is 1.79. The summed E-state index contributed by atoms with van der Waals surface area (Å²) in [6, 6.07) is 10.4. The van der Waals surface area contributed by atoms with Gasteiger partial charge in [-0.1, -0.05) is 12.1 Å². The molecule has 5 nitrogen and oxygen atoms in total. The van der Waals surface area contributed by atoms with Gasteiger partial charge in [0.1, 0.15) is 18.2 Å². The highest BCUT2D eigenvalue weighted by Gasteiger charge is 2.12. The van der Waals surface area contributed by atoms with E-state index in [2.05, 4.69) is 0 Å². The van der Waals surface area contributed by atoms with Gasteiger partial charge < -0.3 is 10.5 Å². The lowest BCUT2D eigenvalue weighted by molar-refractivity contribution is -0.385. The van der Waals surface area contributed by atoms with Crippen molar-refractivity contribution in [3.8, 4) is 5.75 Å². The van der Waals surface area contributed by atoms with Crippen LogP contribution in [0.3, 0.4) is 0 Å². The van der Waals surface area contributed by atoms with Crippen LogP contribution in [0.2, 0.25) is 0 Å². The third kappa shape index (κ3) is 3.30. The molecule has 0 atom stereocenters. The van der Waals surface area contributed by atoms with Crippen molar-refractivity contribution < 1.29 is 14.1 Å². The number of halogens is 1. The maximum atomic E-state index is 13.3. The van der Waals surface area contributed by atoms with E-state index in [1.807, 2.05) is 0 Å². The zero-order chi connectivity index (χ0) is 14.5. The molecule has 6 heteroatoms. The van der Waals surface area contributed by atoms with Gasteiger partial charge in [0.15, 0.2) is 0 Å². The summed E-state index contributed by atoms with van der Waals surface area (Å²) in [6.45, 7) is 0.185. The number of hydrogen-bond donors (Lipinski definition) is 1. The molecule has 0 aliphatic rings. The minimum absolute atomic E-state index is 0.00931. The highest BCUT2D eigenvalue weighted by molar-refractivity contribution is 5.40. The number of rotatable bonds is 5. The summed E-state index contributed by atoms with van der Waals surface area (Å²) in [7, 11) is 0. The minimum atomic E-state index is -0.477. The van der Waals surface area contributed by atoms with Crippen LogP contribution in [0.25, 0.3) is 0 Å². The van der Waals surface area contributed by atoms with E-state index in [9.17, 15) is 14.5 Å². The zero-order valence-corrected chi connectivity index (χ0v) is 10.6. The predicted octanol–water partition coefficient (Wildman–Crippen LogP) is 2.77. The quantitative estimate of drug-likeness (QED) is 0.672. The Labute approximate surface area is 114 Å². The largest absolute Gasteiger partial charge is 0.489 e. The van der Waals surface area contributed by atoms with E-state index >= 15 is 0 Å². The molecule has 2 aromatic carbocycles. The molecule has 0 saturated heterocycles. The molecule has 0 heterocycles. The molecular formula is C14H13FN2O3. The van der Waals surface area contributed by atoms with Gasteiger partial charge in [0, 0.05) is 18.7 Å². The molecule has 20 heavy (non-hydrogen) atoms. The molecule has 104 valence electrons. The lowest BCUT2D eigenvalue weighted by Gasteiger charge is -2.08. The molecule has 0 saturated carbocycles.